The molecule has 0 heterocycles. The second-order valence-corrected chi connectivity index (χ2v) is 9.07. The summed E-state index contributed by atoms with van der Waals surface area (Å²) in [6, 6.07) is 22.0. The van der Waals surface area contributed by atoms with Crippen molar-refractivity contribution in [3.8, 4) is 5.75 Å². The van der Waals surface area contributed by atoms with Gasteiger partial charge in [0.1, 0.15) is 5.75 Å². The van der Waals surface area contributed by atoms with Gasteiger partial charge in [0.15, 0.2) is 0 Å². The van der Waals surface area contributed by atoms with Crippen molar-refractivity contribution in [1.29, 1.82) is 0 Å². The van der Waals surface area contributed by atoms with Gasteiger partial charge in [-0.05, 0) is 49.2 Å². The van der Waals surface area contributed by atoms with Crippen LogP contribution in [0, 0.1) is 0 Å². The van der Waals surface area contributed by atoms with Crippen LogP contribution in [-0.2, 0) is 0 Å². The number of nitrogens with one attached hydrogen (secondary N) is 2. The van der Waals surface area contributed by atoms with E-state index in [1.165, 1.54) is 6.42 Å². The summed E-state index contributed by atoms with van der Waals surface area (Å²) in [7, 11) is 0. The molecule has 0 radical (unpaired) electrons. The summed E-state index contributed by atoms with van der Waals surface area (Å²) in [6.45, 7) is 4.65. The lowest BCUT2D eigenvalue weighted by molar-refractivity contribution is 0.0940. The molecule has 5 nitrogen and oxygen atoms in total. The molecule has 3 rings (SSSR count). The summed E-state index contributed by atoms with van der Waals surface area (Å²) in [6.07, 6.45) is 4.36. The third kappa shape index (κ3) is 7.19. The predicted octanol–water partition coefficient (Wildman–Crippen LogP) is 7.15. The predicted molar refractivity (Wildman–Crippen MR) is 140 cm³/mol. The van der Waals surface area contributed by atoms with E-state index in [-0.39, 0.29) is 17.9 Å². The molecule has 2 N–H and O–H groups in total. The lowest BCUT2D eigenvalue weighted by Gasteiger charge is -2.17. The molecule has 0 aliphatic heterocycles. The topological polar surface area (TPSA) is 67.4 Å². The minimum absolute atomic E-state index is 0.171. The van der Waals surface area contributed by atoms with Crippen LogP contribution in [0.25, 0.3) is 0 Å². The monoisotopic (exact) mass is 522 g/mol. The average molecular weight is 523 g/mol. The Labute approximate surface area is 210 Å². The molecule has 178 valence electrons. The maximum atomic E-state index is 13.2. The van der Waals surface area contributed by atoms with Gasteiger partial charge in [0.2, 0.25) is 0 Å². The summed E-state index contributed by atoms with van der Waals surface area (Å²) in [5.74, 6) is -0.0630. The molecule has 0 fully saturated rings. The number of hydrogen-bond acceptors (Lipinski definition) is 3. The van der Waals surface area contributed by atoms with Crippen LogP contribution in [0.2, 0.25) is 0 Å². The highest BCUT2D eigenvalue weighted by atomic mass is 79.9. The highest BCUT2D eigenvalue weighted by molar-refractivity contribution is 9.10. The molecule has 1 unspecified atom stereocenters. The third-order valence-electron chi connectivity index (χ3n) is 5.51. The van der Waals surface area contributed by atoms with E-state index < -0.39 is 0 Å². The summed E-state index contributed by atoms with van der Waals surface area (Å²) in [5.41, 5.74) is 2.26. The van der Waals surface area contributed by atoms with Gasteiger partial charge in [0.25, 0.3) is 11.8 Å². The van der Waals surface area contributed by atoms with Gasteiger partial charge in [-0.1, -0.05) is 84.6 Å². The van der Waals surface area contributed by atoms with E-state index in [9.17, 15) is 9.59 Å². The van der Waals surface area contributed by atoms with Crippen molar-refractivity contribution in [2.75, 3.05) is 11.9 Å². The van der Waals surface area contributed by atoms with Crippen LogP contribution in [-0.4, -0.2) is 18.4 Å². The van der Waals surface area contributed by atoms with Gasteiger partial charge in [0, 0.05) is 4.47 Å². The maximum absolute atomic E-state index is 13.2. The molecule has 0 aliphatic carbocycles. The fourth-order valence-electron chi connectivity index (χ4n) is 3.60. The number of anilines is 1. The average Bonchev–Trinajstić information content (AvgIpc) is 2.85. The minimum atomic E-state index is -0.332. The van der Waals surface area contributed by atoms with E-state index in [4.69, 9.17) is 4.74 Å². The van der Waals surface area contributed by atoms with Gasteiger partial charge in [-0.2, -0.15) is 0 Å². The van der Waals surface area contributed by atoms with Crippen molar-refractivity contribution >= 4 is 33.4 Å². The molecule has 3 aromatic carbocycles. The fourth-order valence-corrected chi connectivity index (χ4v) is 3.96. The normalized spacial score (nSPS) is 11.5. The third-order valence-corrected chi connectivity index (χ3v) is 6.00. The SMILES string of the molecule is CCCCCCOc1ccc(Br)cc1C(=O)Nc1ccccc1C(=O)NC(C)c1ccccc1. The quantitative estimate of drug-likeness (QED) is 0.262. The van der Waals surface area contributed by atoms with Crippen LogP contribution < -0.4 is 15.4 Å². The van der Waals surface area contributed by atoms with Gasteiger partial charge >= 0.3 is 0 Å². The molecule has 34 heavy (non-hydrogen) atoms. The Kier molecular flexibility index (Phi) is 9.71. The van der Waals surface area contributed by atoms with Crippen LogP contribution in [0.15, 0.2) is 77.3 Å². The number of ether oxygens (including phenoxy) is 1. The second kappa shape index (κ2) is 12.9. The molecule has 3 aromatic rings. The van der Waals surface area contributed by atoms with Crippen LogP contribution in [0.4, 0.5) is 5.69 Å². The maximum Gasteiger partial charge on any atom is 0.259 e. The molecular weight excluding hydrogens is 492 g/mol. The number of benzene rings is 3. The molecule has 0 spiro atoms. The van der Waals surface area contributed by atoms with E-state index in [1.807, 2.05) is 43.3 Å². The number of carbonyl (C=O) groups excluding carboxylic acids is 2. The lowest BCUT2D eigenvalue weighted by atomic mass is 10.1. The van der Waals surface area contributed by atoms with E-state index >= 15 is 0 Å². The zero-order valence-electron chi connectivity index (χ0n) is 19.6. The number of amides is 2. The van der Waals surface area contributed by atoms with E-state index in [0.29, 0.717) is 29.2 Å². The molecule has 0 aromatic heterocycles. The van der Waals surface area contributed by atoms with Crippen molar-refractivity contribution in [3.63, 3.8) is 0 Å². The summed E-state index contributed by atoms with van der Waals surface area (Å²) >= 11 is 3.44. The summed E-state index contributed by atoms with van der Waals surface area (Å²) in [4.78, 5) is 26.2. The Morgan fingerprint density at radius 1 is 0.882 bits per heavy atom. The lowest BCUT2D eigenvalue weighted by Crippen LogP contribution is -2.28. The fraction of sp³-hybridized carbons (Fsp3) is 0.286. The Morgan fingerprint density at radius 2 is 1.62 bits per heavy atom. The van der Waals surface area contributed by atoms with Crippen LogP contribution in [0.1, 0.15) is 71.9 Å². The first-order chi connectivity index (χ1) is 16.5. The van der Waals surface area contributed by atoms with Crippen molar-refractivity contribution < 1.29 is 14.3 Å². The first kappa shape index (κ1) is 25.5. The molecule has 0 saturated carbocycles. The van der Waals surface area contributed by atoms with E-state index in [0.717, 1.165) is 29.3 Å². The summed E-state index contributed by atoms with van der Waals surface area (Å²) < 4.78 is 6.69. The van der Waals surface area contributed by atoms with Crippen molar-refractivity contribution in [3.05, 3.63) is 94.0 Å². The Morgan fingerprint density at radius 3 is 2.38 bits per heavy atom. The number of halogens is 1. The number of carbonyl (C=O) groups is 2. The van der Waals surface area contributed by atoms with Gasteiger partial charge in [-0.3, -0.25) is 9.59 Å². The second-order valence-electron chi connectivity index (χ2n) is 8.16. The minimum Gasteiger partial charge on any atom is -0.493 e. The molecule has 0 saturated heterocycles. The molecule has 2 amide bonds. The first-order valence-electron chi connectivity index (χ1n) is 11.7. The number of rotatable bonds is 11. The largest absolute Gasteiger partial charge is 0.493 e. The molecule has 0 bridgehead atoms. The highest BCUT2D eigenvalue weighted by Gasteiger charge is 2.19. The molecule has 6 heteroatoms. The van der Waals surface area contributed by atoms with E-state index in [2.05, 4.69) is 33.5 Å². The number of unbranched alkanes of at least 4 members (excludes halogenated alkanes) is 3. The Bertz CT molecular complexity index is 1100. The van der Waals surface area contributed by atoms with Gasteiger partial charge in [0.05, 0.1) is 29.5 Å². The van der Waals surface area contributed by atoms with E-state index in [1.54, 1.807) is 36.4 Å². The Balaban J connectivity index is 1.73. The van der Waals surface area contributed by atoms with Crippen LogP contribution in [0.5, 0.6) is 5.75 Å². The zero-order valence-corrected chi connectivity index (χ0v) is 21.2. The standard InChI is InChI=1S/C28H31BrN2O3/c1-3-4-5-11-18-34-26-17-16-22(29)19-24(26)28(33)31-25-15-10-9-14-23(25)27(32)30-20(2)21-12-7-6-8-13-21/h6-10,12-17,19-20H,3-5,11,18H2,1-2H3,(H,30,32)(H,31,33). The smallest absolute Gasteiger partial charge is 0.259 e. The van der Waals surface area contributed by atoms with Gasteiger partial charge in [-0.25, -0.2) is 0 Å². The van der Waals surface area contributed by atoms with Gasteiger partial charge < -0.3 is 15.4 Å². The van der Waals surface area contributed by atoms with Crippen molar-refractivity contribution in [2.24, 2.45) is 0 Å². The van der Waals surface area contributed by atoms with Gasteiger partial charge in [-0.15, -0.1) is 0 Å². The Hall–Kier alpha value is -3.12. The van der Waals surface area contributed by atoms with Crippen LogP contribution >= 0.6 is 15.9 Å². The summed E-state index contributed by atoms with van der Waals surface area (Å²) in [5, 5.41) is 5.91. The zero-order chi connectivity index (χ0) is 24.3. The van der Waals surface area contributed by atoms with Crippen LogP contribution in [0.3, 0.4) is 0 Å². The first-order valence-corrected chi connectivity index (χ1v) is 12.5. The molecule has 1 atom stereocenters. The highest BCUT2D eigenvalue weighted by Crippen LogP contribution is 2.26. The van der Waals surface area contributed by atoms with Crippen molar-refractivity contribution in [2.45, 2.75) is 45.6 Å². The number of para-hydroxylation sites is 1. The molecular formula is C28H31BrN2O3. The van der Waals surface area contributed by atoms with Crippen molar-refractivity contribution in [1.82, 2.24) is 5.32 Å². The number of hydrogen-bond donors (Lipinski definition) is 2. The molecule has 0 aliphatic rings.